The monoisotopic (exact) mass is 274 g/mol. The highest BCUT2D eigenvalue weighted by Crippen LogP contribution is 2.16. The van der Waals surface area contributed by atoms with Crippen molar-refractivity contribution in [2.24, 2.45) is 0 Å². The number of nitrogen functional groups attached to an aromatic ring is 1. The molecule has 0 atom stereocenters. The molecule has 0 bridgehead atoms. The second kappa shape index (κ2) is 5.89. The summed E-state index contributed by atoms with van der Waals surface area (Å²) in [5.41, 5.74) is 8.31. The van der Waals surface area contributed by atoms with E-state index in [1.165, 1.54) is 11.3 Å². The van der Waals surface area contributed by atoms with Crippen LogP contribution in [0.15, 0.2) is 41.1 Å². The molecule has 0 aliphatic rings. The fraction of sp³-hybridized carbons (Fsp3) is 0.267. The lowest BCUT2D eigenvalue weighted by Crippen LogP contribution is -2.36. The lowest BCUT2D eigenvalue weighted by molar-refractivity contribution is 0.0691. The van der Waals surface area contributed by atoms with Gasteiger partial charge >= 0.3 is 0 Å². The Morgan fingerprint density at radius 1 is 1.37 bits per heavy atom. The molecule has 0 aliphatic heterocycles. The first-order valence-corrected chi connectivity index (χ1v) is 7.20. The molecule has 1 amide bonds. The van der Waals surface area contributed by atoms with Crippen molar-refractivity contribution in [2.75, 3.05) is 5.73 Å². The van der Waals surface area contributed by atoms with E-state index in [4.69, 9.17) is 5.73 Å². The summed E-state index contributed by atoms with van der Waals surface area (Å²) in [6, 6.07) is 9.68. The Hall–Kier alpha value is -1.81. The van der Waals surface area contributed by atoms with Crippen LogP contribution in [0.3, 0.4) is 0 Å². The number of nitrogens with zero attached hydrogens (tertiary/aromatic N) is 1. The molecule has 1 aromatic heterocycles. The van der Waals surface area contributed by atoms with Gasteiger partial charge in [0.1, 0.15) is 0 Å². The zero-order valence-corrected chi connectivity index (χ0v) is 12.0. The molecule has 100 valence electrons. The minimum Gasteiger partial charge on any atom is -0.399 e. The van der Waals surface area contributed by atoms with Crippen LogP contribution in [0.1, 0.15) is 29.8 Å². The number of nitrogens with two attached hydrogens (primary N) is 1. The number of amides is 1. The molecule has 19 heavy (non-hydrogen) atoms. The number of hydrogen-bond donors (Lipinski definition) is 1. The van der Waals surface area contributed by atoms with Crippen LogP contribution < -0.4 is 5.73 Å². The molecule has 2 rings (SSSR count). The van der Waals surface area contributed by atoms with Gasteiger partial charge in [0.05, 0.1) is 5.56 Å². The highest BCUT2D eigenvalue weighted by molar-refractivity contribution is 7.08. The van der Waals surface area contributed by atoms with Crippen molar-refractivity contribution in [3.63, 3.8) is 0 Å². The van der Waals surface area contributed by atoms with Crippen LogP contribution in [0.5, 0.6) is 0 Å². The Morgan fingerprint density at radius 2 is 2.16 bits per heavy atom. The van der Waals surface area contributed by atoms with Crippen molar-refractivity contribution >= 4 is 22.9 Å². The lowest BCUT2D eigenvalue weighted by Gasteiger charge is -2.26. The number of carbonyl (C=O) groups is 1. The highest BCUT2D eigenvalue weighted by atomic mass is 32.1. The van der Waals surface area contributed by atoms with Gasteiger partial charge in [-0.25, -0.2) is 0 Å². The van der Waals surface area contributed by atoms with Gasteiger partial charge < -0.3 is 10.6 Å². The normalized spacial score (nSPS) is 10.7. The van der Waals surface area contributed by atoms with Crippen LogP contribution in [0.4, 0.5) is 5.69 Å². The van der Waals surface area contributed by atoms with Crippen LogP contribution in [0.2, 0.25) is 0 Å². The topological polar surface area (TPSA) is 46.3 Å². The van der Waals surface area contributed by atoms with Crippen LogP contribution in [0.25, 0.3) is 0 Å². The van der Waals surface area contributed by atoms with Gasteiger partial charge in [0.15, 0.2) is 0 Å². The molecule has 2 aromatic rings. The van der Waals surface area contributed by atoms with Gasteiger partial charge in [-0.1, -0.05) is 12.1 Å². The molecule has 2 N–H and O–H groups in total. The van der Waals surface area contributed by atoms with Crippen LogP contribution in [-0.2, 0) is 6.54 Å². The summed E-state index contributed by atoms with van der Waals surface area (Å²) in [4.78, 5) is 14.3. The number of hydrogen-bond acceptors (Lipinski definition) is 3. The Bertz CT molecular complexity index is 549. The fourth-order valence-corrected chi connectivity index (χ4v) is 2.56. The summed E-state index contributed by atoms with van der Waals surface area (Å²) in [6.45, 7) is 4.63. The first-order chi connectivity index (χ1) is 9.08. The quantitative estimate of drug-likeness (QED) is 0.869. The molecular formula is C15H18N2OS. The molecule has 0 aliphatic carbocycles. The molecule has 0 fully saturated rings. The average Bonchev–Trinajstić information content (AvgIpc) is 2.88. The van der Waals surface area contributed by atoms with E-state index in [0.29, 0.717) is 6.54 Å². The Morgan fingerprint density at radius 3 is 2.74 bits per heavy atom. The van der Waals surface area contributed by atoms with Crippen LogP contribution >= 0.6 is 11.3 Å². The van der Waals surface area contributed by atoms with Gasteiger partial charge in [-0.05, 0) is 43.0 Å². The van der Waals surface area contributed by atoms with E-state index >= 15 is 0 Å². The molecule has 4 heteroatoms. The standard InChI is InChI=1S/C15H18N2OS/c1-11(2)17(15(18)13-6-7-19-10-13)9-12-4-3-5-14(16)8-12/h3-8,10-11H,9,16H2,1-2H3. The van der Waals surface area contributed by atoms with Crippen molar-refractivity contribution in [1.29, 1.82) is 0 Å². The summed E-state index contributed by atoms with van der Waals surface area (Å²) >= 11 is 1.54. The van der Waals surface area contributed by atoms with Gasteiger partial charge in [0.25, 0.3) is 5.91 Å². The predicted molar refractivity (Wildman–Crippen MR) is 80.2 cm³/mol. The molecular weight excluding hydrogens is 256 g/mol. The Kier molecular flexibility index (Phi) is 4.22. The summed E-state index contributed by atoms with van der Waals surface area (Å²) in [6.07, 6.45) is 0. The number of anilines is 1. The van der Waals surface area contributed by atoms with E-state index in [9.17, 15) is 4.79 Å². The Labute approximate surface area is 117 Å². The zero-order valence-electron chi connectivity index (χ0n) is 11.2. The minimum absolute atomic E-state index is 0.0682. The fourth-order valence-electron chi connectivity index (χ4n) is 1.93. The van der Waals surface area contributed by atoms with E-state index in [1.54, 1.807) is 0 Å². The van der Waals surface area contributed by atoms with Gasteiger partial charge in [-0.2, -0.15) is 11.3 Å². The van der Waals surface area contributed by atoms with Crippen LogP contribution in [0, 0.1) is 0 Å². The summed E-state index contributed by atoms with van der Waals surface area (Å²) in [7, 11) is 0. The van der Waals surface area contributed by atoms with E-state index in [2.05, 4.69) is 0 Å². The molecule has 1 heterocycles. The van der Waals surface area contributed by atoms with Gasteiger partial charge in [-0.15, -0.1) is 0 Å². The second-order valence-electron chi connectivity index (χ2n) is 4.78. The van der Waals surface area contributed by atoms with E-state index in [0.717, 1.165) is 16.8 Å². The SMILES string of the molecule is CC(C)N(Cc1cccc(N)c1)C(=O)c1ccsc1. The van der Waals surface area contributed by atoms with E-state index in [-0.39, 0.29) is 11.9 Å². The van der Waals surface area contributed by atoms with Gasteiger partial charge in [0, 0.05) is 23.7 Å². The summed E-state index contributed by atoms with van der Waals surface area (Å²) in [5.74, 6) is 0.0682. The van der Waals surface area contributed by atoms with Crippen LogP contribution in [-0.4, -0.2) is 16.8 Å². The number of rotatable bonds is 4. The van der Waals surface area contributed by atoms with E-state index in [1.807, 2.05) is 59.8 Å². The maximum Gasteiger partial charge on any atom is 0.255 e. The van der Waals surface area contributed by atoms with Crippen molar-refractivity contribution in [3.8, 4) is 0 Å². The van der Waals surface area contributed by atoms with Crippen molar-refractivity contribution in [2.45, 2.75) is 26.4 Å². The average molecular weight is 274 g/mol. The van der Waals surface area contributed by atoms with Crippen molar-refractivity contribution in [3.05, 3.63) is 52.2 Å². The lowest BCUT2D eigenvalue weighted by atomic mass is 10.1. The first-order valence-electron chi connectivity index (χ1n) is 6.25. The molecule has 3 nitrogen and oxygen atoms in total. The largest absolute Gasteiger partial charge is 0.399 e. The van der Waals surface area contributed by atoms with Gasteiger partial charge in [-0.3, -0.25) is 4.79 Å². The zero-order chi connectivity index (χ0) is 13.8. The molecule has 0 unspecified atom stereocenters. The second-order valence-corrected chi connectivity index (χ2v) is 5.56. The van der Waals surface area contributed by atoms with Crippen molar-refractivity contribution in [1.82, 2.24) is 4.90 Å². The highest BCUT2D eigenvalue weighted by Gasteiger charge is 2.19. The number of benzene rings is 1. The third-order valence-electron chi connectivity index (χ3n) is 2.96. The number of carbonyl (C=O) groups excluding carboxylic acids is 1. The predicted octanol–water partition coefficient (Wildman–Crippen LogP) is 3.38. The maximum atomic E-state index is 12.4. The molecule has 0 saturated carbocycles. The smallest absolute Gasteiger partial charge is 0.255 e. The van der Waals surface area contributed by atoms with Gasteiger partial charge in [0.2, 0.25) is 0 Å². The van der Waals surface area contributed by atoms with Crippen molar-refractivity contribution < 1.29 is 4.79 Å². The third kappa shape index (κ3) is 3.35. The Balaban J connectivity index is 2.19. The summed E-state index contributed by atoms with van der Waals surface area (Å²) < 4.78 is 0. The first kappa shape index (κ1) is 13.6. The molecule has 1 aromatic carbocycles. The number of thiophene rings is 1. The molecule has 0 spiro atoms. The summed E-state index contributed by atoms with van der Waals surface area (Å²) in [5, 5.41) is 3.81. The minimum atomic E-state index is 0.0682. The molecule has 0 saturated heterocycles. The van der Waals surface area contributed by atoms with E-state index < -0.39 is 0 Å². The maximum absolute atomic E-state index is 12.4. The third-order valence-corrected chi connectivity index (χ3v) is 3.64. The molecule has 0 radical (unpaired) electrons.